The maximum Gasteiger partial charge on any atom is 0.411 e. The van der Waals surface area contributed by atoms with E-state index in [9.17, 15) is 19.3 Å². The van der Waals surface area contributed by atoms with Gasteiger partial charge < -0.3 is 10.5 Å². The van der Waals surface area contributed by atoms with Crippen LogP contribution in [0.25, 0.3) is 0 Å². The first-order valence-electron chi connectivity index (χ1n) is 4.74. The fourth-order valence-corrected chi connectivity index (χ4v) is 1.48. The first-order chi connectivity index (χ1) is 8.38. The minimum atomic E-state index is -0.990. The van der Waals surface area contributed by atoms with Gasteiger partial charge in [-0.1, -0.05) is 11.6 Å². The number of nitrogens with one attached hydrogen (secondary N) is 1. The van der Waals surface area contributed by atoms with Crippen molar-refractivity contribution >= 4 is 34.8 Å². The van der Waals surface area contributed by atoms with Crippen molar-refractivity contribution < 1.29 is 18.8 Å². The van der Waals surface area contributed by atoms with Gasteiger partial charge in [0.2, 0.25) is 0 Å². The highest BCUT2D eigenvalue weighted by Crippen LogP contribution is 2.38. The van der Waals surface area contributed by atoms with Gasteiger partial charge in [-0.15, -0.1) is 0 Å². The molecular formula is C9H9ClFN3O4. The molecule has 0 spiro atoms. The highest BCUT2D eigenvalue weighted by molar-refractivity contribution is 6.33. The molecule has 98 valence electrons. The van der Waals surface area contributed by atoms with Crippen molar-refractivity contribution in [3.05, 3.63) is 27.0 Å². The summed E-state index contributed by atoms with van der Waals surface area (Å²) in [6.45, 7) is 1.60. The van der Waals surface area contributed by atoms with E-state index >= 15 is 0 Å². The van der Waals surface area contributed by atoms with Gasteiger partial charge in [0.05, 0.1) is 11.5 Å². The molecule has 0 saturated carbocycles. The van der Waals surface area contributed by atoms with Crippen molar-refractivity contribution in [2.45, 2.75) is 6.92 Å². The summed E-state index contributed by atoms with van der Waals surface area (Å²) in [5.41, 5.74) is 3.61. The van der Waals surface area contributed by atoms with Crippen molar-refractivity contribution in [2.75, 3.05) is 17.7 Å². The van der Waals surface area contributed by atoms with Crippen LogP contribution in [0.3, 0.4) is 0 Å². The van der Waals surface area contributed by atoms with Gasteiger partial charge >= 0.3 is 11.8 Å². The Morgan fingerprint density at radius 3 is 2.83 bits per heavy atom. The van der Waals surface area contributed by atoms with E-state index in [0.717, 1.165) is 0 Å². The molecule has 0 aliphatic heterocycles. The van der Waals surface area contributed by atoms with E-state index in [-0.39, 0.29) is 6.61 Å². The fraction of sp³-hybridized carbons (Fsp3) is 0.222. The monoisotopic (exact) mass is 277 g/mol. The third-order valence-electron chi connectivity index (χ3n) is 1.93. The second-order valence-corrected chi connectivity index (χ2v) is 3.49. The first-order valence-corrected chi connectivity index (χ1v) is 5.11. The number of nitrogen functional groups attached to an aromatic ring is 1. The molecule has 0 aliphatic carbocycles. The average Bonchev–Trinajstić information content (AvgIpc) is 2.23. The second-order valence-electron chi connectivity index (χ2n) is 3.08. The molecule has 1 rings (SSSR count). The summed E-state index contributed by atoms with van der Waals surface area (Å²) in [7, 11) is 0. The van der Waals surface area contributed by atoms with Gasteiger partial charge in [0.15, 0.2) is 5.82 Å². The van der Waals surface area contributed by atoms with Crippen LogP contribution < -0.4 is 11.1 Å². The molecule has 0 unspecified atom stereocenters. The molecule has 9 heteroatoms. The van der Waals surface area contributed by atoms with Gasteiger partial charge in [-0.2, -0.15) is 0 Å². The molecule has 1 aromatic carbocycles. The summed E-state index contributed by atoms with van der Waals surface area (Å²) in [6.07, 6.45) is -0.972. The zero-order valence-electron chi connectivity index (χ0n) is 9.20. The van der Waals surface area contributed by atoms with Crippen LogP contribution in [-0.4, -0.2) is 17.6 Å². The van der Waals surface area contributed by atoms with Crippen LogP contribution in [0.1, 0.15) is 6.92 Å². The number of anilines is 2. The molecule has 18 heavy (non-hydrogen) atoms. The number of hydrogen-bond donors (Lipinski definition) is 2. The number of nitrogens with zero attached hydrogens (tertiary/aromatic N) is 1. The maximum atomic E-state index is 13.5. The number of nitrogens with two attached hydrogens (primary N) is 1. The number of ether oxygens (including phenoxy) is 1. The molecule has 0 aromatic heterocycles. The Labute approximate surface area is 106 Å². The van der Waals surface area contributed by atoms with E-state index in [1.165, 1.54) is 0 Å². The lowest BCUT2D eigenvalue weighted by atomic mass is 10.2. The van der Waals surface area contributed by atoms with E-state index in [2.05, 4.69) is 4.74 Å². The van der Waals surface area contributed by atoms with Crippen molar-refractivity contribution in [3.8, 4) is 0 Å². The molecule has 0 bridgehead atoms. The van der Waals surface area contributed by atoms with Crippen molar-refractivity contribution in [1.82, 2.24) is 0 Å². The van der Waals surface area contributed by atoms with Crippen molar-refractivity contribution in [3.63, 3.8) is 0 Å². The molecule has 0 atom stereocenters. The zero-order valence-corrected chi connectivity index (χ0v) is 9.95. The Kier molecular flexibility index (Phi) is 4.27. The number of carbonyl (C=O) groups is 1. The van der Waals surface area contributed by atoms with Crippen LogP contribution in [0.2, 0.25) is 5.02 Å². The molecule has 1 aromatic rings. The number of carbonyl (C=O) groups excluding carboxylic acids is 1. The van der Waals surface area contributed by atoms with Gasteiger partial charge in [0.25, 0.3) is 0 Å². The standard InChI is InChI=1S/C9H9ClFN3O4/c1-2-18-9(15)13-7-5(11)3-4(10)8(6(7)12)14(16)17/h3H,2,12H2,1H3,(H,13,15). The SMILES string of the molecule is CCOC(=O)Nc1c(F)cc(Cl)c([N+](=O)[O-])c1N. The smallest absolute Gasteiger partial charge is 0.411 e. The van der Waals surface area contributed by atoms with Crippen LogP contribution in [0.15, 0.2) is 6.07 Å². The molecule has 0 heterocycles. The molecule has 0 aliphatic rings. The molecule has 7 nitrogen and oxygen atoms in total. The Hall–Kier alpha value is -2.09. The predicted octanol–water partition coefficient (Wildman–Crippen LogP) is 2.54. The Morgan fingerprint density at radius 2 is 2.33 bits per heavy atom. The zero-order chi connectivity index (χ0) is 13.9. The number of hydrogen-bond acceptors (Lipinski definition) is 5. The topological polar surface area (TPSA) is 107 Å². The number of benzene rings is 1. The molecule has 0 saturated heterocycles. The highest BCUT2D eigenvalue weighted by atomic mass is 35.5. The maximum absolute atomic E-state index is 13.5. The van der Waals surface area contributed by atoms with E-state index < -0.39 is 38.9 Å². The Bertz CT molecular complexity index is 509. The molecule has 1 amide bonds. The Morgan fingerprint density at radius 1 is 1.72 bits per heavy atom. The van der Waals surface area contributed by atoms with Crippen LogP contribution >= 0.6 is 11.6 Å². The van der Waals surface area contributed by atoms with E-state index in [0.29, 0.717) is 6.07 Å². The summed E-state index contributed by atoms with van der Waals surface area (Å²) in [4.78, 5) is 20.9. The van der Waals surface area contributed by atoms with E-state index in [1.54, 1.807) is 6.92 Å². The minimum Gasteiger partial charge on any atom is -0.450 e. The van der Waals surface area contributed by atoms with Gasteiger partial charge in [-0.25, -0.2) is 9.18 Å². The van der Waals surface area contributed by atoms with E-state index in [4.69, 9.17) is 17.3 Å². The highest BCUT2D eigenvalue weighted by Gasteiger charge is 2.25. The van der Waals surface area contributed by atoms with Gasteiger partial charge in [-0.05, 0) is 6.92 Å². The summed E-state index contributed by atoms with van der Waals surface area (Å²) in [5.74, 6) is -0.990. The summed E-state index contributed by atoms with van der Waals surface area (Å²) in [5, 5.41) is 12.2. The number of nitro benzene ring substituents is 1. The van der Waals surface area contributed by atoms with Crippen LogP contribution in [0.4, 0.5) is 26.2 Å². The van der Waals surface area contributed by atoms with Gasteiger partial charge in [-0.3, -0.25) is 15.4 Å². The predicted molar refractivity (Wildman–Crippen MR) is 63.1 cm³/mol. The van der Waals surface area contributed by atoms with E-state index in [1.807, 2.05) is 5.32 Å². The van der Waals surface area contributed by atoms with Gasteiger partial charge in [0, 0.05) is 6.07 Å². The van der Waals surface area contributed by atoms with Crippen LogP contribution in [0.5, 0.6) is 0 Å². The summed E-state index contributed by atoms with van der Waals surface area (Å²) in [6, 6.07) is 0.692. The first kappa shape index (κ1) is 14.0. The lowest BCUT2D eigenvalue weighted by molar-refractivity contribution is -0.383. The third-order valence-corrected chi connectivity index (χ3v) is 2.22. The van der Waals surface area contributed by atoms with Gasteiger partial charge in [0.1, 0.15) is 16.4 Å². The summed E-state index contributed by atoms with van der Waals surface area (Å²) >= 11 is 5.49. The molecule has 0 fully saturated rings. The minimum absolute atomic E-state index is 0.0586. The van der Waals surface area contributed by atoms with Crippen molar-refractivity contribution in [2.24, 2.45) is 0 Å². The normalized spacial score (nSPS) is 9.94. The van der Waals surface area contributed by atoms with Crippen LogP contribution in [0, 0.1) is 15.9 Å². The number of halogens is 2. The second kappa shape index (κ2) is 5.50. The molecule has 3 N–H and O–H groups in total. The largest absolute Gasteiger partial charge is 0.450 e. The summed E-state index contributed by atoms with van der Waals surface area (Å²) < 4.78 is 18.0. The Balaban J connectivity index is 3.23. The van der Waals surface area contributed by atoms with Crippen molar-refractivity contribution in [1.29, 1.82) is 0 Å². The average molecular weight is 278 g/mol. The lowest BCUT2D eigenvalue weighted by Crippen LogP contribution is -2.16. The molecular weight excluding hydrogens is 269 g/mol. The lowest BCUT2D eigenvalue weighted by Gasteiger charge is -2.10. The van der Waals surface area contributed by atoms with Crippen LogP contribution in [-0.2, 0) is 4.74 Å². The third kappa shape index (κ3) is 2.77. The molecule has 0 radical (unpaired) electrons. The number of nitro groups is 1. The fourth-order valence-electron chi connectivity index (χ4n) is 1.21. The quantitative estimate of drug-likeness (QED) is 0.501. The number of rotatable bonds is 3. The number of amides is 1.